The van der Waals surface area contributed by atoms with Gasteiger partial charge in [0.05, 0.1) is 5.60 Å². The van der Waals surface area contributed by atoms with E-state index in [2.05, 4.69) is 60.7 Å². The maximum atomic E-state index is 10.6. The average molecular weight is 373 g/mol. The standard InChI is InChI=1S/C25H21ClO/c1-25(2,27)22-9-6-10-23(26)24(22)20-14-12-18-11-13-19(15-21(18)16-20)17-7-4-3-5-8-17/h3-16,27H,1-2H3. The minimum absolute atomic E-state index is 0.646. The van der Waals surface area contributed by atoms with Crippen LogP contribution in [0.15, 0.2) is 84.9 Å². The maximum absolute atomic E-state index is 10.6. The summed E-state index contributed by atoms with van der Waals surface area (Å²) in [6.07, 6.45) is 0. The second-order valence-corrected chi connectivity index (χ2v) is 7.77. The molecule has 0 aliphatic heterocycles. The van der Waals surface area contributed by atoms with Gasteiger partial charge in [-0.2, -0.15) is 0 Å². The smallest absolute Gasteiger partial charge is 0.0847 e. The fourth-order valence-corrected chi connectivity index (χ4v) is 3.82. The molecule has 0 heterocycles. The molecule has 0 atom stereocenters. The van der Waals surface area contributed by atoms with Gasteiger partial charge in [0.1, 0.15) is 0 Å². The molecule has 27 heavy (non-hydrogen) atoms. The Morgan fingerprint density at radius 3 is 2.04 bits per heavy atom. The Labute approximate surface area is 164 Å². The quantitative estimate of drug-likeness (QED) is 0.408. The highest BCUT2D eigenvalue weighted by molar-refractivity contribution is 6.33. The molecule has 0 aromatic heterocycles. The molecule has 4 rings (SSSR count). The lowest BCUT2D eigenvalue weighted by molar-refractivity contribution is 0.0792. The first-order valence-electron chi connectivity index (χ1n) is 9.04. The monoisotopic (exact) mass is 372 g/mol. The lowest BCUT2D eigenvalue weighted by Gasteiger charge is -2.23. The van der Waals surface area contributed by atoms with Gasteiger partial charge in [0.25, 0.3) is 0 Å². The van der Waals surface area contributed by atoms with Crippen LogP contribution in [0, 0.1) is 0 Å². The van der Waals surface area contributed by atoms with E-state index in [1.54, 1.807) is 13.8 Å². The van der Waals surface area contributed by atoms with Crippen LogP contribution < -0.4 is 0 Å². The Balaban J connectivity index is 1.90. The number of hydrogen-bond donors (Lipinski definition) is 1. The van der Waals surface area contributed by atoms with Crippen LogP contribution in [0.25, 0.3) is 33.0 Å². The first-order valence-corrected chi connectivity index (χ1v) is 9.42. The summed E-state index contributed by atoms with van der Waals surface area (Å²) in [5.41, 5.74) is 4.13. The molecule has 0 aliphatic carbocycles. The van der Waals surface area contributed by atoms with Crippen molar-refractivity contribution in [1.82, 2.24) is 0 Å². The van der Waals surface area contributed by atoms with Gasteiger partial charge in [-0.05, 0) is 65.1 Å². The molecule has 0 fully saturated rings. The molecule has 0 unspecified atom stereocenters. The fraction of sp³-hybridized carbons (Fsp3) is 0.120. The molecule has 0 bridgehead atoms. The molecular formula is C25H21ClO. The number of rotatable bonds is 3. The third kappa shape index (κ3) is 3.49. The SMILES string of the molecule is CC(C)(O)c1cccc(Cl)c1-c1ccc2ccc(-c3ccccc3)cc2c1. The van der Waals surface area contributed by atoms with Gasteiger partial charge >= 0.3 is 0 Å². The van der Waals surface area contributed by atoms with E-state index in [1.807, 2.05) is 24.3 Å². The summed E-state index contributed by atoms with van der Waals surface area (Å²) in [6.45, 7) is 3.58. The zero-order valence-corrected chi connectivity index (χ0v) is 16.2. The van der Waals surface area contributed by atoms with E-state index >= 15 is 0 Å². The first-order chi connectivity index (χ1) is 12.9. The fourth-order valence-electron chi connectivity index (χ4n) is 3.54. The summed E-state index contributed by atoms with van der Waals surface area (Å²) in [4.78, 5) is 0. The number of aliphatic hydroxyl groups is 1. The van der Waals surface area contributed by atoms with Crippen molar-refractivity contribution in [2.45, 2.75) is 19.4 Å². The van der Waals surface area contributed by atoms with Gasteiger partial charge in [-0.15, -0.1) is 0 Å². The lowest BCUT2D eigenvalue weighted by atomic mass is 9.88. The number of hydrogen-bond acceptors (Lipinski definition) is 1. The van der Waals surface area contributed by atoms with Crippen molar-refractivity contribution >= 4 is 22.4 Å². The average Bonchev–Trinajstić information content (AvgIpc) is 2.67. The van der Waals surface area contributed by atoms with E-state index in [0.29, 0.717) is 5.02 Å². The normalized spacial score (nSPS) is 11.7. The minimum Gasteiger partial charge on any atom is -0.386 e. The van der Waals surface area contributed by atoms with Crippen LogP contribution in [0.1, 0.15) is 19.4 Å². The van der Waals surface area contributed by atoms with Gasteiger partial charge < -0.3 is 5.11 Å². The molecule has 0 aliphatic rings. The van der Waals surface area contributed by atoms with Crippen LogP contribution in [0.4, 0.5) is 0 Å². The van der Waals surface area contributed by atoms with Crippen molar-refractivity contribution in [2.24, 2.45) is 0 Å². The Kier molecular flexibility index (Phi) is 4.51. The molecular weight excluding hydrogens is 352 g/mol. The van der Waals surface area contributed by atoms with Gasteiger partial charge in [0.2, 0.25) is 0 Å². The maximum Gasteiger partial charge on any atom is 0.0847 e. The van der Waals surface area contributed by atoms with E-state index in [4.69, 9.17) is 11.6 Å². The molecule has 0 spiro atoms. The van der Waals surface area contributed by atoms with Crippen molar-refractivity contribution < 1.29 is 5.11 Å². The van der Waals surface area contributed by atoms with Crippen LogP contribution in [-0.4, -0.2) is 5.11 Å². The second kappa shape index (κ2) is 6.84. The van der Waals surface area contributed by atoms with Crippen molar-refractivity contribution in [1.29, 1.82) is 0 Å². The van der Waals surface area contributed by atoms with E-state index in [0.717, 1.165) is 22.1 Å². The second-order valence-electron chi connectivity index (χ2n) is 7.36. The van der Waals surface area contributed by atoms with Crippen LogP contribution in [-0.2, 0) is 5.60 Å². The summed E-state index contributed by atoms with van der Waals surface area (Å²) in [5.74, 6) is 0. The van der Waals surface area contributed by atoms with Crippen molar-refractivity contribution in [3.05, 3.63) is 95.5 Å². The Morgan fingerprint density at radius 1 is 0.667 bits per heavy atom. The highest BCUT2D eigenvalue weighted by atomic mass is 35.5. The molecule has 4 aromatic carbocycles. The number of benzene rings is 4. The summed E-state index contributed by atoms with van der Waals surface area (Å²) in [7, 11) is 0. The summed E-state index contributed by atoms with van der Waals surface area (Å²) in [6, 6.07) is 28.9. The van der Waals surface area contributed by atoms with Gasteiger partial charge in [-0.25, -0.2) is 0 Å². The third-order valence-corrected chi connectivity index (χ3v) is 5.22. The highest BCUT2D eigenvalue weighted by Gasteiger charge is 2.22. The molecule has 1 nitrogen and oxygen atoms in total. The Morgan fingerprint density at radius 2 is 1.33 bits per heavy atom. The molecule has 0 radical (unpaired) electrons. The topological polar surface area (TPSA) is 20.2 Å². The van der Waals surface area contributed by atoms with Crippen LogP contribution in [0.3, 0.4) is 0 Å². The minimum atomic E-state index is -0.971. The van der Waals surface area contributed by atoms with Crippen molar-refractivity contribution in [3.8, 4) is 22.3 Å². The van der Waals surface area contributed by atoms with Gasteiger partial charge in [0.15, 0.2) is 0 Å². The predicted molar refractivity (Wildman–Crippen MR) is 115 cm³/mol. The lowest BCUT2D eigenvalue weighted by Crippen LogP contribution is -2.16. The van der Waals surface area contributed by atoms with Gasteiger partial charge in [-0.1, -0.05) is 78.3 Å². The Hall–Kier alpha value is -2.61. The van der Waals surface area contributed by atoms with E-state index in [9.17, 15) is 5.11 Å². The van der Waals surface area contributed by atoms with Crippen LogP contribution >= 0.6 is 11.6 Å². The molecule has 0 saturated heterocycles. The summed E-state index contributed by atoms with van der Waals surface area (Å²) < 4.78 is 0. The van der Waals surface area contributed by atoms with E-state index in [1.165, 1.54) is 16.5 Å². The van der Waals surface area contributed by atoms with Crippen LogP contribution in [0.2, 0.25) is 5.02 Å². The molecule has 0 saturated carbocycles. The summed E-state index contributed by atoms with van der Waals surface area (Å²) in [5, 5.41) is 13.6. The van der Waals surface area contributed by atoms with Crippen LogP contribution in [0.5, 0.6) is 0 Å². The molecule has 0 amide bonds. The van der Waals surface area contributed by atoms with E-state index in [-0.39, 0.29) is 0 Å². The highest BCUT2D eigenvalue weighted by Crippen LogP contribution is 2.38. The number of fused-ring (bicyclic) bond motifs is 1. The zero-order chi connectivity index (χ0) is 19.0. The molecule has 2 heteroatoms. The first kappa shape index (κ1) is 17.8. The number of halogens is 1. The molecule has 4 aromatic rings. The van der Waals surface area contributed by atoms with Crippen molar-refractivity contribution in [2.75, 3.05) is 0 Å². The van der Waals surface area contributed by atoms with E-state index < -0.39 is 5.60 Å². The zero-order valence-electron chi connectivity index (χ0n) is 15.4. The largest absolute Gasteiger partial charge is 0.386 e. The third-order valence-electron chi connectivity index (χ3n) is 4.91. The van der Waals surface area contributed by atoms with Gasteiger partial charge in [-0.3, -0.25) is 0 Å². The Bertz CT molecular complexity index is 1110. The molecule has 1 N–H and O–H groups in total. The molecule has 134 valence electrons. The van der Waals surface area contributed by atoms with Crippen molar-refractivity contribution in [3.63, 3.8) is 0 Å². The van der Waals surface area contributed by atoms with Gasteiger partial charge in [0, 0.05) is 10.6 Å². The summed E-state index contributed by atoms with van der Waals surface area (Å²) >= 11 is 6.54. The predicted octanol–water partition coefficient (Wildman–Crippen LogP) is 7.05.